The largest absolute Gasteiger partial charge is 0.326 e. The van der Waals surface area contributed by atoms with Gasteiger partial charge in [0.05, 0.1) is 5.69 Å². The Morgan fingerprint density at radius 3 is 2.42 bits per heavy atom. The zero-order valence-corrected chi connectivity index (χ0v) is 11.3. The third kappa shape index (κ3) is 3.29. The van der Waals surface area contributed by atoms with Crippen LogP contribution in [0.5, 0.6) is 0 Å². The molecule has 0 saturated carbocycles. The summed E-state index contributed by atoms with van der Waals surface area (Å²) >= 11 is 0. The normalized spacial score (nSPS) is 10.9. The van der Waals surface area contributed by atoms with Crippen molar-refractivity contribution in [2.45, 2.75) is 26.9 Å². The molecule has 0 saturated heterocycles. The number of aromatic nitrogens is 2. The molecule has 19 heavy (non-hydrogen) atoms. The molecule has 4 nitrogen and oxygen atoms in total. The van der Waals surface area contributed by atoms with Gasteiger partial charge < -0.3 is 5.73 Å². The van der Waals surface area contributed by atoms with Gasteiger partial charge in [0.2, 0.25) is 0 Å². The Kier molecular flexibility index (Phi) is 4.12. The maximum Gasteiger partial charge on any atom is 0.266 e. The number of nitrogens with two attached hydrogens (primary N) is 1. The van der Waals surface area contributed by atoms with Gasteiger partial charge in [-0.15, -0.1) is 0 Å². The first-order valence-corrected chi connectivity index (χ1v) is 6.47. The molecule has 1 aromatic carbocycles. The van der Waals surface area contributed by atoms with Crippen LogP contribution in [0.25, 0.3) is 11.3 Å². The first-order chi connectivity index (χ1) is 9.10. The van der Waals surface area contributed by atoms with Gasteiger partial charge >= 0.3 is 0 Å². The first kappa shape index (κ1) is 13.5. The van der Waals surface area contributed by atoms with Crippen molar-refractivity contribution in [2.75, 3.05) is 0 Å². The minimum absolute atomic E-state index is 0.0592. The number of hydrogen-bond donors (Lipinski definition) is 1. The highest BCUT2D eigenvalue weighted by molar-refractivity contribution is 5.58. The van der Waals surface area contributed by atoms with Crippen molar-refractivity contribution in [1.29, 1.82) is 0 Å². The maximum atomic E-state index is 11.7. The van der Waals surface area contributed by atoms with E-state index in [0.29, 0.717) is 19.0 Å². The summed E-state index contributed by atoms with van der Waals surface area (Å²) in [7, 11) is 0. The topological polar surface area (TPSA) is 60.9 Å². The average Bonchev–Trinajstić information content (AvgIpc) is 2.41. The second-order valence-electron chi connectivity index (χ2n) is 5.03. The van der Waals surface area contributed by atoms with E-state index in [1.807, 2.05) is 24.3 Å². The zero-order valence-electron chi connectivity index (χ0n) is 11.3. The van der Waals surface area contributed by atoms with Crippen LogP contribution >= 0.6 is 0 Å². The maximum absolute atomic E-state index is 11.7. The molecule has 4 heteroatoms. The van der Waals surface area contributed by atoms with E-state index >= 15 is 0 Å². The smallest absolute Gasteiger partial charge is 0.266 e. The molecule has 0 atom stereocenters. The van der Waals surface area contributed by atoms with Gasteiger partial charge in [0.1, 0.15) is 0 Å². The van der Waals surface area contributed by atoms with Crippen LogP contribution in [0.15, 0.2) is 41.2 Å². The molecule has 0 aliphatic heterocycles. The number of hydrogen-bond acceptors (Lipinski definition) is 3. The molecule has 0 radical (unpaired) electrons. The van der Waals surface area contributed by atoms with Gasteiger partial charge in [-0.05, 0) is 17.5 Å². The Morgan fingerprint density at radius 2 is 1.84 bits per heavy atom. The summed E-state index contributed by atoms with van der Waals surface area (Å²) in [6, 6.07) is 11.3. The van der Waals surface area contributed by atoms with Crippen LogP contribution in [0.3, 0.4) is 0 Å². The lowest BCUT2D eigenvalue weighted by Crippen LogP contribution is -2.24. The third-order valence-electron chi connectivity index (χ3n) is 2.89. The minimum Gasteiger partial charge on any atom is -0.326 e. The van der Waals surface area contributed by atoms with Gasteiger partial charge in [-0.3, -0.25) is 4.79 Å². The summed E-state index contributed by atoms with van der Waals surface area (Å²) in [5.41, 5.74) is 8.40. The van der Waals surface area contributed by atoms with Crippen LogP contribution in [-0.2, 0) is 13.1 Å². The van der Waals surface area contributed by atoms with Crippen LogP contribution in [0.1, 0.15) is 19.4 Å². The van der Waals surface area contributed by atoms with E-state index in [9.17, 15) is 4.79 Å². The molecule has 0 aliphatic carbocycles. The second-order valence-corrected chi connectivity index (χ2v) is 5.03. The number of rotatable bonds is 4. The molecule has 0 fully saturated rings. The van der Waals surface area contributed by atoms with Gasteiger partial charge in [0.25, 0.3) is 5.56 Å². The molecule has 0 unspecified atom stereocenters. The molecular weight excluding hydrogens is 238 g/mol. The second kappa shape index (κ2) is 5.80. The number of benzene rings is 1. The Labute approximate surface area is 112 Å². The SMILES string of the molecule is CC(C)Cn1nc(-c2ccc(CN)cc2)ccc1=O. The van der Waals surface area contributed by atoms with Crippen molar-refractivity contribution in [1.82, 2.24) is 9.78 Å². The molecule has 0 aliphatic rings. The molecule has 2 N–H and O–H groups in total. The fourth-order valence-corrected chi connectivity index (χ4v) is 1.89. The molecule has 0 spiro atoms. The van der Waals surface area contributed by atoms with Crippen LogP contribution in [0.2, 0.25) is 0 Å². The van der Waals surface area contributed by atoms with Gasteiger partial charge in [-0.2, -0.15) is 5.10 Å². The van der Waals surface area contributed by atoms with Gasteiger partial charge in [-0.1, -0.05) is 38.1 Å². The Bertz CT molecular complexity index is 600. The van der Waals surface area contributed by atoms with Crippen molar-refractivity contribution >= 4 is 0 Å². The molecule has 2 rings (SSSR count). The van der Waals surface area contributed by atoms with E-state index in [1.54, 1.807) is 12.1 Å². The summed E-state index contributed by atoms with van der Waals surface area (Å²) < 4.78 is 1.52. The minimum atomic E-state index is -0.0592. The fraction of sp³-hybridized carbons (Fsp3) is 0.333. The summed E-state index contributed by atoms with van der Waals surface area (Å²) in [5.74, 6) is 0.389. The van der Waals surface area contributed by atoms with E-state index < -0.39 is 0 Å². The van der Waals surface area contributed by atoms with Crippen LogP contribution in [0, 0.1) is 5.92 Å². The van der Waals surface area contributed by atoms with Crippen molar-refractivity contribution in [2.24, 2.45) is 11.7 Å². The lowest BCUT2D eigenvalue weighted by Gasteiger charge is -2.09. The zero-order chi connectivity index (χ0) is 13.8. The van der Waals surface area contributed by atoms with Gasteiger partial charge in [0.15, 0.2) is 0 Å². The molecule has 0 bridgehead atoms. The Balaban J connectivity index is 2.36. The van der Waals surface area contributed by atoms with E-state index in [0.717, 1.165) is 16.8 Å². The molecule has 2 aromatic rings. The van der Waals surface area contributed by atoms with Crippen molar-refractivity contribution in [3.05, 3.63) is 52.3 Å². The monoisotopic (exact) mass is 257 g/mol. The van der Waals surface area contributed by atoms with Crippen LogP contribution in [-0.4, -0.2) is 9.78 Å². The molecule has 0 amide bonds. The van der Waals surface area contributed by atoms with Crippen LogP contribution in [0.4, 0.5) is 0 Å². The lowest BCUT2D eigenvalue weighted by atomic mass is 10.1. The summed E-state index contributed by atoms with van der Waals surface area (Å²) in [6.07, 6.45) is 0. The number of nitrogens with zero attached hydrogens (tertiary/aromatic N) is 2. The lowest BCUT2D eigenvalue weighted by molar-refractivity contribution is 0.465. The Morgan fingerprint density at radius 1 is 1.16 bits per heavy atom. The van der Waals surface area contributed by atoms with Crippen molar-refractivity contribution in [3.63, 3.8) is 0 Å². The predicted molar refractivity (Wildman–Crippen MR) is 76.7 cm³/mol. The van der Waals surface area contributed by atoms with Crippen molar-refractivity contribution < 1.29 is 0 Å². The quantitative estimate of drug-likeness (QED) is 0.911. The highest BCUT2D eigenvalue weighted by atomic mass is 16.1. The van der Waals surface area contributed by atoms with E-state index in [2.05, 4.69) is 18.9 Å². The first-order valence-electron chi connectivity index (χ1n) is 6.47. The highest BCUT2D eigenvalue weighted by Crippen LogP contribution is 2.16. The van der Waals surface area contributed by atoms with Crippen LogP contribution < -0.4 is 11.3 Å². The average molecular weight is 257 g/mol. The molecular formula is C15H19N3O. The van der Waals surface area contributed by atoms with E-state index in [4.69, 9.17) is 5.73 Å². The predicted octanol–water partition coefficient (Wildman–Crippen LogP) is 2.02. The summed E-state index contributed by atoms with van der Waals surface area (Å²) in [4.78, 5) is 11.7. The van der Waals surface area contributed by atoms with E-state index in [1.165, 1.54) is 4.68 Å². The Hall–Kier alpha value is -1.94. The van der Waals surface area contributed by atoms with Crippen molar-refractivity contribution in [3.8, 4) is 11.3 Å². The molecule has 1 heterocycles. The third-order valence-corrected chi connectivity index (χ3v) is 2.89. The van der Waals surface area contributed by atoms with E-state index in [-0.39, 0.29) is 5.56 Å². The standard InChI is InChI=1S/C15H19N3O/c1-11(2)10-18-15(19)8-7-14(17-18)13-5-3-12(9-16)4-6-13/h3-8,11H,9-10,16H2,1-2H3. The fourth-order valence-electron chi connectivity index (χ4n) is 1.89. The summed E-state index contributed by atoms with van der Waals surface area (Å²) in [5, 5.41) is 4.41. The molecule has 1 aromatic heterocycles. The van der Waals surface area contributed by atoms with Gasteiger partial charge in [-0.25, -0.2) is 4.68 Å². The van der Waals surface area contributed by atoms with Gasteiger partial charge in [0, 0.05) is 24.7 Å². The summed E-state index contributed by atoms with van der Waals surface area (Å²) in [6.45, 7) is 5.29. The highest BCUT2D eigenvalue weighted by Gasteiger charge is 2.05. The molecule has 100 valence electrons.